The molecule has 4 nitrogen and oxygen atoms in total. The Kier molecular flexibility index (Phi) is 5.17. The number of methoxy groups -OCH3 is 1. The maximum Gasteiger partial charge on any atom is 0.420 e. The van der Waals surface area contributed by atoms with Crippen LogP contribution in [-0.4, -0.2) is 36.5 Å². The number of fused-ring (bicyclic) bond motifs is 1. The molecule has 0 saturated heterocycles. The third-order valence-corrected chi connectivity index (χ3v) is 4.08. The van der Waals surface area contributed by atoms with E-state index in [9.17, 15) is 22.4 Å². The van der Waals surface area contributed by atoms with Crippen LogP contribution >= 0.6 is 12.2 Å². The Labute approximate surface area is 146 Å². The van der Waals surface area contributed by atoms with Crippen molar-refractivity contribution in [1.29, 1.82) is 0 Å². The quantitative estimate of drug-likeness (QED) is 0.660. The molecule has 25 heavy (non-hydrogen) atoms. The van der Waals surface area contributed by atoms with Crippen molar-refractivity contribution < 1.29 is 27.1 Å². The average molecular weight is 374 g/mol. The minimum Gasteiger partial charge on any atom is -0.496 e. The molecule has 2 aromatic rings. The van der Waals surface area contributed by atoms with Gasteiger partial charge in [0.25, 0.3) is 0 Å². The van der Waals surface area contributed by atoms with Crippen molar-refractivity contribution in [2.75, 3.05) is 20.7 Å². The van der Waals surface area contributed by atoms with E-state index in [0.29, 0.717) is 0 Å². The van der Waals surface area contributed by atoms with Gasteiger partial charge >= 0.3 is 6.18 Å². The lowest BCUT2D eigenvalue weighted by Crippen LogP contribution is -2.35. The molecule has 2 aromatic carbocycles. The molecular weight excluding hydrogens is 360 g/mol. The van der Waals surface area contributed by atoms with Crippen molar-refractivity contribution in [1.82, 2.24) is 4.90 Å². The molecule has 0 aromatic heterocycles. The molecule has 0 atom stereocenters. The number of primary amides is 1. The summed E-state index contributed by atoms with van der Waals surface area (Å²) in [5.41, 5.74) is 3.86. The van der Waals surface area contributed by atoms with E-state index >= 15 is 0 Å². The van der Waals surface area contributed by atoms with Gasteiger partial charge < -0.3 is 15.4 Å². The summed E-state index contributed by atoms with van der Waals surface area (Å²) in [7, 11) is 2.52. The van der Waals surface area contributed by atoms with Crippen LogP contribution in [0.2, 0.25) is 0 Å². The number of hydrogen-bond acceptors (Lipinski definition) is 3. The molecule has 134 valence electrons. The first-order valence-corrected chi connectivity index (χ1v) is 7.39. The number of amides is 1. The normalized spacial score (nSPS) is 11.4. The summed E-state index contributed by atoms with van der Waals surface area (Å²) < 4.78 is 59.5. The largest absolute Gasteiger partial charge is 0.496 e. The van der Waals surface area contributed by atoms with Crippen LogP contribution in [0.3, 0.4) is 0 Å². The molecular formula is C16H14F4N2O2S. The van der Waals surface area contributed by atoms with Crippen molar-refractivity contribution in [3.8, 4) is 5.75 Å². The van der Waals surface area contributed by atoms with Crippen LogP contribution < -0.4 is 10.5 Å². The fourth-order valence-electron chi connectivity index (χ4n) is 2.54. The monoisotopic (exact) mass is 374 g/mol. The first-order chi connectivity index (χ1) is 11.6. The van der Waals surface area contributed by atoms with E-state index in [2.05, 4.69) is 0 Å². The lowest BCUT2D eigenvalue weighted by molar-refractivity contribution is -0.137. The minimum atomic E-state index is -4.71. The van der Waals surface area contributed by atoms with E-state index in [1.807, 2.05) is 0 Å². The van der Waals surface area contributed by atoms with Gasteiger partial charge in [-0.2, -0.15) is 13.2 Å². The summed E-state index contributed by atoms with van der Waals surface area (Å²) in [6, 6.07) is 4.32. The van der Waals surface area contributed by atoms with Crippen LogP contribution in [0.1, 0.15) is 11.1 Å². The molecule has 0 unspecified atom stereocenters. The third-order valence-electron chi connectivity index (χ3n) is 3.57. The van der Waals surface area contributed by atoms with Crippen LogP contribution in [0.25, 0.3) is 10.8 Å². The lowest BCUT2D eigenvalue weighted by Gasteiger charge is -2.21. The number of nitrogens with two attached hydrogens (primary N) is 1. The Morgan fingerprint density at radius 3 is 2.36 bits per heavy atom. The van der Waals surface area contributed by atoms with Crippen molar-refractivity contribution in [3.05, 3.63) is 41.2 Å². The van der Waals surface area contributed by atoms with E-state index in [0.717, 1.165) is 25.3 Å². The highest BCUT2D eigenvalue weighted by Gasteiger charge is 2.37. The second-order valence-corrected chi connectivity index (χ2v) is 5.67. The third kappa shape index (κ3) is 3.65. The smallest absolute Gasteiger partial charge is 0.420 e. The molecule has 0 heterocycles. The Balaban J connectivity index is 2.76. The number of nitrogens with zero attached hydrogens (tertiary/aromatic N) is 1. The molecule has 0 bridgehead atoms. The molecule has 0 aliphatic heterocycles. The van der Waals surface area contributed by atoms with Crippen molar-refractivity contribution in [3.63, 3.8) is 0 Å². The fraction of sp³-hybridized carbons (Fsp3) is 0.250. The number of rotatable bonds is 4. The minimum absolute atomic E-state index is 0.0329. The number of ether oxygens (including phenoxy) is 1. The summed E-state index contributed by atoms with van der Waals surface area (Å²) in [5.74, 6) is -1.88. The Morgan fingerprint density at radius 1 is 1.24 bits per heavy atom. The summed E-state index contributed by atoms with van der Waals surface area (Å²) in [5, 5.41) is -0.285. The number of carbonyl (C=O) groups excluding carboxylic acids is 1. The number of carbonyl (C=O) groups is 1. The van der Waals surface area contributed by atoms with Crippen LogP contribution in [-0.2, 0) is 11.0 Å². The summed E-state index contributed by atoms with van der Waals surface area (Å²) in [6.07, 6.45) is -4.71. The van der Waals surface area contributed by atoms with Gasteiger partial charge in [0.15, 0.2) is 0 Å². The second-order valence-electron chi connectivity index (χ2n) is 5.29. The number of alkyl halides is 3. The average Bonchev–Trinajstić information content (AvgIpc) is 2.51. The second kappa shape index (κ2) is 6.83. The van der Waals surface area contributed by atoms with E-state index < -0.39 is 23.5 Å². The predicted molar refractivity (Wildman–Crippen MR) is 89.0 cm³/mol. The van der Waals surface area contributed by atoms with Crippen molar-refractivity contribution in [2.24, 2.45) is 5.73 Å². The molecule has 2 rings (SSSR count). The number of halogens is 4. The molecule has 1 amide bonds. The van der Waals surface area contributed by atoms with E-state index in [4.69, 9.17) is 22.7 Å². The zero-order chi connectivity index (χ0) is 18.9. The summed E-state index contributed by atoms with van der Waals surface area (Å²) in [4.78, 5) is 12.1. The van der Waals surface area contributed by atoms with Gasteiger partial charge in [-0.15, -0.1) is 0 Å². The maximum atomic E-state index is 14.3. The summed E-state index contributed by atoms with van der Waals surface area (Å²) in [6.45, 7) is -0.295. The molecule has 2 N–H and O–H groups in total. The first kappa shape index (κ1) is 18.9. The number of likely N-dealkylation sites (N-methyl/N-ethyl adjacent to an activating group) is 1. The van der Waals surface area contributed by atoms with Crippen molar-refractivity contribution >= 4 is 33.9 Å². The standard InChI is InChI=1S/C16H14F4N2O2S/c1-22(7-12(21)23)15(25)13-8-4-6-11(24-2)14(16(18,19)20)9(8)3-5-10(13)17/h3-6H,7H2,1-2H3,(H2,21,23). The Morgan fingerprint density at radius 2 is 1.84 bits per heavy atom. The molecule has 0 fully saturated rings. The van der Waals surface area contributed by atoms with Gasteiger partial charge in [-0.1, -0.05) is 18.3 Å². The zero-order valence-electron chi connectivity index (χ0n) is 13.3. The highest BCUT2D eigenvalue weighted by atomic mass is 32.1. The van der Waals surface area contributed by atoms with Crippen LogP contribution in [0.15, 0.2) is 24.3 Å². The first-order valence-electron chi connectivity index (χ1n) is 6.98. The van der Waals surface area contributed by atoms with Gasteiger partial charge in [0, 0.05) is 7.05 Å². The van der Waals surface area contributed by atoms with Gasteiger partial charge in [-0.25, -0.2) is 4.39 Å². The van der Waals surface area contributed by atoms with E-state index in [1.54, 1.807) is 0 Å². The maximum absolute atomic E-state index is 14.3. The molecule has 0 aliphatic rings. The van der Waals surface area contributed by atoms with Gasteiger partial charge in [0.2, 0.25) is 5.91 Å². The molecule has 0 aliphatic carbocycles. The topological polar surface area (TPSA) is 55.6 Å². The van der Waals surface area contributed by atoms with E-state index in [1.165, 1.54) is 18.0 Å². The highest BCUT2D eigenvalue weighted by Crippen LogP contribution is 2.42. The number of hydrogen-bond donors (Lipinski definition) is 1. The number of thiocarbonyl (C=S) groups is 1. The van der Waals surface area contributed by atoms with Gasteiger partial charge in [-0.3, -0.25) is 4.79 Å². The molecule has 0 saturated carbocycles. The van der Waals surface area contributed by atoms with Gasteiger partial charge in [0.05, 0.1) is 19.2 Å². The van der Waals surface area contributed by atoms with Gasteiger partial charge in [0.1, 0.15) is 22.1 Å². The fourth-order valence-corrected chi connectivity index (χ4v) is 2.81. The van der Waals surface area contributed by atoms with Crippen LogP contribution in [0.5, 0.6) is 5.75 Å². The number of benzene rings is 2. The molecule has 9 heteroatoms. The van der Waals surface area contributed by atoms with Gasteiger partial charge in [-0.05, 0) is 29.0 Å². The molecule has 0 spiro atoms. The zero-order valence-corrected chi connectivity index (χ0v) is 14.1. The Hall–Kier alpha value is -2.42. The van der Waals surface area contributed by atoms with Crippen LogP contribution in [0.4, 0.5) is 17.6 Å². The van der Waals surface area contributed by atoms with Crippen molar-refractivity contribution in [2.45, 2.75) is 6.18 Å². The molecule has 0 radical (unpaired) electrons. The van der Waals surface area contributed by atoms with Crippen LogP contribution in [0, 0.1) is 5.82 Å². The summed E-state index contributed by atoms with van der Waals surface area (Å²) >= 11 is 5.14. The lowest BCUT2D eigenvalue weighted by atomic mass is 9.98. The Bertz CT molecular complexity index is 852. The SMILES string of the molecule is COc1ccc2c(C(=S)N(C)CC(N)=O)c(F)ccc2c1C(F)(F)F. The highest BCUT2D eigenvalue weighted by molar-refractivity contribution is 7.80. The predicted octanol–water partition coefficient (Wildman–Crippen LogP) is 3.10. The van der Waals surface area contributed by atoms with E-state index in [-0.39, 0.29) is 33.6 Å².